The van der Waals surface area contributed by atoms with Crippen LogP contribution in [-0.4, -0.2) is 37.0 Å². The van der Waals surface area contributed by atoms with Gasteiger partial charge < -0.3 is 23.4 Å². The molecule has 0 aliphatic carbocycles. The van der Waals surface area contributed by atoms with Crippen LogP contribution in [0.1, 0.15) is 27.0 Å². The zero-order valence-electron chi connectivity index (χ0n) is 19.4. The fraction of sp³-hybridized carbons (Fsp3) is 0.0500. The van der Waals surface area contributed by atoms with E-state index in [1.807, 2.05) is 0 Å². The molecule has 3 N–H and O–H groups in total. The van der Waals surface area contributed by atoms with Crippen molar-refractivity contribution in [1.82, 2.24) is 0 Å². The third kappa shape index (κ3) is 10.1. The van der Waals surface area contributed by atoms with E-state index in [0.717, 1.165) is 24.3 Å². The quantitative estimate of drug-likeness (QED) is 0.125. The topological polar surface area (TPSA) is 188 Å². The number of carbonyl (C=O) groups excluding carboxylic acids is 1. The Hall–Kier alpha value is 1.42. The summed E-state index contributed by atoms with van der Waals surface area (Å²) in [5, 5.41) is 23.5. The van der Waals surface area contributed by atoms with Gasteiger partial charge in [0.1, 0.15) is 17.1 Å². The van der Waals surface area contributed by atoms with Crippen LogP contribution < -0.4 is 168 Å². The number of carboxylic acids is 1. The zero-order chi connectivity index (χ0) is 24.4. The molecule has 0 saturated heterocycles. The number of hydrogen-bond acceptors (Lipinski definition) is 9. The predicted molar refractivity (Wildman–Crippen MR) is 110 cm³/mol. The van der Waals surface area contributed by atoms with Crippen molar-refractivity contribution in [3.05, 3.63) is 95.1 Å². The SMILES string of the molecule is O=C([O-])c1ccccc1C(O)(c1ccc(OS(=O)(=O)O)cc1)c1ccc(OS(=O)(=O)O)cc1.[K+].[K+].[K+]. The summed E-state index contributed by atoms with van der Waals surface area (Å²) >= 11 is 0. The molecule has 36 heavy (non-hydrogen) atoms. The number of benzene rings is 3. The molecule has 0 aliphatic rings. The molecule has 0 fully saturated rings. The zero-order valence-corrected chi connectivity index (χ0v) is 30.4. The van der Waals surface area contributed by atoms with E-state index in [1.165, 1.54) is 48.5 Å². The van der Waals surface area contributed by atoms with Gasteiger partial charge in [-0.2, -0.15) is 16.8 Å². The van der Waals surface area contributed by atoms with Crippen LogP contribution in [-0.2, 0) is 26.4 Å². The van der Waals surface area contributed by atoms with Gasteiger partial charge in [-0.3, -0.25) is 9.11 Å². The maximum atomic E-state index is 11.8. The van der Waals surface area contributed by atoms with Crippen molar-refractivity contribution in [2.75, 3.05) is 0 Å². The first kappa shape index (κ1) is 37.4. The van der Waals surface area contributed by atoms with E-state index in [9.17, 15) is 31.8 Å². The first-order valence-corrected chi connectivity index (χ1v) is 11.6. The Morgan fingerprint density at radius 1 is 0.694 bits per heavy atom. The molecular formula is C20H15K3O11S2+2. The van der Waals surface area contributed by atoms with Crippen molar-refractivity contribution in [3.8, 4) is 11.5 Å². The molecule has 0 aliphatic heterocycles. The predicted octanol–water partition coefficient (Wildman–Crippen LogP) is -8.29. The Bertz CT molecular complexity index is 1320. The third-order valence-electron chi connectivity index (χ3n) is 4.48. The molecular weight excluding hydrogens is 598 g/mol. The summed E-state index contributed by atoms with van der Waals surface area (Å²) in [4.78, 5) is 11.7. The van der Waals surface area contributed by atoms with Crippen LogP contribution in [0.3, 0.4) is 0 Å². The molecule has 0 saturated carbocycles. The smallest absolute Gasteiger partial charge is 0.545 e. The van der Waals surface area contributed by atoms with Gasteiger partial charge in [0.15, 0.2) is 0 Å². The second kappa shape index (κ2) is 15.4. The van der Waals surface area contributed by atoms with Gasteiger partial charge in [0.25, 0.3) is 0 Å². The van der Waals surface area contributed by atoms with Gasteiger partial charge in [0, 0.05) is 11.1 Å². The minimum Gasteiger partial charge on any atom is -0.545 e. The summed E-state index contributed by atoms with van der Waals surface area (Å²) in [5.41, 5.74) is -2.51. The molecule has 3 rings (SSSR count). The molecule has 3 aromatic carbocycles. The number of carbonyl (C=O) groups is 1. The molecule has 0 bridgehead atoms. The summed E-state index contributed by atoms with van der Waals surface area (Å²) < 4.78 is 70.0. The van der Waals surface area contributed by atoms with Gasteiger partial charge in [-0.15, -0.1) is 0 Å². The van der Waals surface area contributed by atoms with E-state index >= 15 is 0 Å². The fourth-order valence-corrected chi connectivity index (χ4v) is 3.91. The van der Waals surface area contributed by atoms with Crippen LogP contribution in [0.15, 0.2) is 72.8 Å². The minimum atomic E-state index is -4.80. The van der Waals surface area contributed by atoms with Crippen LogP contribution in [0.2, 0.25) is 0 Å². The molecule has 0 amide bonds. The molecule has 0 spiro atoms. The Morgan fingerprint density at radius 3 is 1.39 bits per heavy atom. The largest absolute Gasteiger partial charge is 1.00 e. The number of hydrogen-bond donors (Lipinski definition) is 3. The second-order valence-electron chi connectivity index (χ2n) is 6.61. The Labute approximate surface area is 335 Å². The Kier molecular flexibility index (Phi) is 16.0. The van der Waals surface area contributed by atoms with E-state index in [1.54, 1.807) is 0 Å². The van der Waals surface area contributed by atoms with Gasteiger partial charge in [-0.1, -0.05) is 48.5 Å². The molecule has 3 aromatic rings. The van der Waals surface area contributed by atoms with E-state index in [2.05, 4.69) is 8.37 Å². The van der Waals surface area contributed by atoms with Crippen molar-refractivity contribution < 1.29 is 203 Å². The maximum Gasteiger partial charge on any atom is 1.00 e. The fourth-order valence-electron chi connectivity index (χ4n) is 3.20. The number of aromatic carboxylic acids is 1. The van der Waals surface area contributed by atoms with Crippen LogP contribution in [0.4, 0.5) is 0 Å². The maximum absolute atomic E-state index is 11.8. The van der Waals surface area contributed by atoms with Crippen molar-refractivity contribution in [2.24, 2.45) is 0 Å². The average molecular weight is 613 g/mol. The van der Waals surface area contributed by atoms with Gasteiger partial charge in [0.2, 0.25) is 0 Å². The summed E-state index contributed by atoms with van der Waals surface area (Å²) in [7, 11) is -9.60. The van der Waals surface area contributed by atoms with Crippen molar-refractivity contribution in [1.29, 1.82) is 0 Å². The molecule has 0 radical (unpaired) electrons. The van der Waals surface area contributed by atoms with Gasteiger partial charge in [-0.05, 0) is 35.4 Å². The summed E-state index contributed by atoms with van der Waals surface area (Å²) in [6.45, 7) is 0. The van der Waals surface area contributed by atoms with Gasteiger partial charge in [-0.25, -0.2) is 0 Å². The molecule has 0 heterocycles. The molecule has 11 nitrogen and oxygen atoms in total. The van der Waals surface area contributed by atoms with Crippen LogP contribution >= 0.6 is 0 Å². The van der Waals surface area contributed by atoms with Crippen LogP contribution in [0.5, 0.6) is 11.5 Å². The summed E-state index contributed by atoms with van der Waals surface area (Å²) in [5.74, 6) is -2.15. The molecule has 0 atom stereocenters. The van der Waals surface area contributed by atoms with Gasteiger partial charge in [0.05, 0.1) is 5.97 Å². The molecule has 174 valence electrons. The average Bonchev–Trinajstić information content (AvgIpc) is 2.72. The van der Waals surface area contributed by atoms with Crippen LogP contribution in [0, 0.1) is 0 Å². The van der Waals surface area contributed by atoms with E-state index in [4.69, 9.17) is 9.11 Å². The molecule has 0 unspecified atom stereocenters. The van der Waals surface area contributed by atoms with E-state index in [-0.39, 0.29) is 188 Å². The monoisotopic (exact) mass is 612 g/mol. The standard InChI is InChI=1S/C20H16O11S2.3K/c21-19(22)17-3-1-2-4-18(17)20(23,13-5-9-15(10-6-13)30-32(24,25)26)14-7-11-16(12-8-14)31-33(27,28)29;;;/h1-12,23H,(H,21,22)(H,24,25,26)(H,27,28,29);;;/q;3*+1/p-1. The first-order valence-electron chi connectivity index (χ1n) is 8.88. The number of rotatable bonds is 8. The van der Waals surface area contributed by atoms with E-state index < -0.39 is 32.4 Å². The Balaban J connectivity index is 0.00000408. The van der Waals surface area contributed by atoms with Crippen LogP contribution in [0.25, 0.3) is 0 Å². The van der Waals surface area contributed by atoms with E-state index in [0.29, 0.717) is 0 Å². The van der Waals surface area contributed by atoms with Crippen molar-refractivity contribution >= 4 is 26.8 Å². The second-order valence-corrected chi connectivity index (χ2v) is 8.66. The van der Waals surface area contributed by atoms with Crippen molar-refractivity contribution in [2.45, 2.75) is 5.60 Å². The molecule has 0 aromatic heterocycles. The summed E-state index contributed by atoms with van der Waals surface area (Å²) in [6.07, 6.45) is 0. The van der Waals surface area contributed by atoms with Gasteiger partial charge >= 0.3 is 175 Å². The third-order valence-corrected chi connectivity index (χ3v) is 5.29. The Morgan fingerprint density at radius 2 is 1.06 bits per heavy atom. The first-order chi connectivity index (χ1) is 15.3. The number of aliphatic hydroxyl groups is 1. The minimum absolute atomic E-state index is 0. The van der Waals surface area contributed by atoms with Crippen molar-refractivity contribution in [3.63, 3.8) is 0 Å². The molecule has 16 heteroatoms. The normalized spacial score (nSPS) is 11.2. The number of carboxylic acid groups (broad SMARTS) is 1. The summed E-state index contributed by atoms with van der Waals surface area (Å²) in [6, 6.07) is 14.8.